The first-order chi connectivity index (χ1) is 7.97. The predicted octanol–water partition coefficient (Wildman–Crippen LogP) is -0.0343. The number of sulfonamides is 1. The Balaban J connectivity index is 0.00000162. The summed E-state index contributed by atoms with van der Waals surface area (Å²) in [6.45, 7) is 4.12. The Hall–Kier alpha value is -0.0900. The van der Waals surface area contributed by atoms with Crippen molar-refractivity contribution in [3.05, 3.63) is 0 Å². The van der Waals surface area contributed by atoms with Gasteiger partial charge in [-0.25, -0.2) is 8.42 Å². The van der Waals surface area contributed by atoms with Crippen LogP contribution in [0.25, 0.3) is 0 Å². The highest BCUT2D eigenvalue weighted by molar-refractivity contribution is 14.0. The second-order valence-corrected chi connectivity index (χ2v) is 6.72. The van der Waals surface area contributed by atoms with Crippen molar-refractivity contribution in [2.45, 2.75) is 31.8 Å². The summed E-state index contributed by atoms with van der Waals surface area (Å²) in [6, 6.07) is 0.428. The summed E-state index contributed by atoms with van der Waals surface area (Å²) < 4.78 is 24.7. The van der Waals surface area contributed by atoms with Crippen molar-refractivity contribution in [1.82, 2.24) is 14.9 Å². The van der Waals surface area contributed by atoms with Crippen molar-refractivity contribution in [3.8, 4) is 0 Å². The fourth-order valence-electron chi connectivity index (χ4n) is 2.32. The fraction of sp³-hybridized carbons (Fsp3) is 0.900. The van der Waals surface area contributed by atoms with Crippen LogP contribution in [-0.2, 0) is 10.0 Å². The van der Waals surface area contributed by atoms with Crippen molar-refractivity contribution in [2.75, 3.05) is 25.9 Å². The molecule has 0 aromatic heterocycles. The van der Waals surface area contributed by atoms with Crippen molar-refractivity contribution < 1.29 is 8.42 Å². The van der Waals surface area contributed by atoms with Crippen LogP contribution < -0.4 is 10.6 Å². The van der Waals surface area contributed by atoms with Crippen LogP contribution in [0.5, 0.6) is 0 Å². The predicted molar refractivity (Wildman–Crippen MR) is 82.9 cm³/mol. The van der Waals surface area contributed by atoms with E-state index in [1.165, 1.54) is 6.26 Å². The van der Waals surface area contributed by atoms with E-state index >= 15 is 0 Å². The van der Waals surface area contributed by atoms with Crippen molar-refractivity contribution in [1.29, 1.82) is 0 Å². The molecule has 2 rings (SSSR count). The van der Waals surface area contributed by atoms with Crippen LogP contribution in [0.2, 0.25) is 0 Å². The minimum atomic E-state index is -3.08. The highest BCUT2D eigenvalue weighted by Crippen LogP contribution is 2.19. The standard InChI is InChI=1S/C10H20N4O2S.HI/c1-8-6-11-10(13-8)12-7-9-4-3-5-14(9)17(2,15)16;/h8-9H,3-7H2,1-2H3,(H2,11,12,13);1H/t8?,9-;/m1./s1. The molecule has 2 heterocycles. The zero-order chi connectivity index (χ0) is 12.5. The van der Waals surface area contributed by atoms with Gasteiger partial charge in [-0.3, -0.25) is 4.99 Å². The highest BCUT2D eigenvalue weighted by atomic mass is 127. The summed E-state index contributed by atoms with van der Waals surface area (Å²) in [7, 11) is -3.08. The van der Waals surface area contributed by atoms with E-state index in [9.17, 15) is 8.42 Å². The lowest BCUT2D eigenvalue weighted by Crippen LogP contribution is -2.46. The zero-order valence-corrected chi connectivity index (χ0v) is 13.9. The minimum Gasteiger partial charge on any atom is -0.355 e. The van der Waals surface area contributed by atoms with E-state index in [2.05, 4.69) is 22.5 Å². The van der Waals surface area contributed by atoms with E-state index in [4.69, 9.17) is 0 Å². The Morgan fingerprint density at radius 2 is 2.28 bits per heavy atom. The van der Waals surface area contributed by atoms with Crippen molar-refractivity contribution >= 4 is 40.0 Å². The molecule has 0 aliphatic carbocycles. The van der Waals surface area contributed by atoms with Crippen LogP contribution in [0.3, 0.4) is 0 Å². The SMILES string of the molecule is CC1CN=C(NC[C@H]2CCCN2S(C)(=O)=O)N1.I. The third-order valence-electron chi connectivity index (χ3n) is 3.16. The van der Waals surface area contributed by atoms with Crippen LogP contribution in [-0.4, -0.2) is 56.7 Å². The fourth-order valence-corrected chi connectivity index (χ4v) is 3.51. The Morgan fingerprint density at radius 1 is 1.56 bits per heavy atom. The Kier molecular flexibility index (Phi) is 5.66. The molecule has 1 saturated heterocycles. The van der Waals surface area contributed by atoms with Crippen LogP contribution in [0.4, 0.5) is 0 Å². The van der Waals surface area contributed by atoms with E-state index in [-0.39, 0.29) is 30.0 Å². The Morgan fingerprint density at radius 3 is 2.83 bits per heavy atom. The lowest BCUT2D eigenvalue weighted by atomic mass is 10.2. The van der Waals surface area contributed by atoms with Gasteiger partial charge >= 0.3 is 0 Å². The number of nitrogens with zero attached hydrogens (tertiary/aromatic N) is 2. The number of aliphatic imine (C=N–C) groups is 1. The molecule has 0 radical (unpaired) electrons. The van der Waals surface area contributed by atoms with Gasteiger partial charge in [0.05, 0.1) is 12.8 Å². The summed E-state index contributed by atoms with van der Waals surface area (Å²) in [6.07, 6.45) is 3.14. The summed E-state index contributed by atoms with van der Waals surface area (Å²) >= 11 is 0. The second kappa shape index (κ2) is 6.38. The largest absolute Gasteiger partial charge is 0.355 e. The Labute approximate surface area is 126 Å². The first kappa shape index (κ1) is 16.0. The smallest absolute Gasteiger partial charge is 0.211 e. The molecule has 2 atom stereocenters. The molecule has 0 aromatic carbocycles. The number of hydrogen-bond acceptors (Lipinski definition) is 5. The van der Waals surface area contributed by atoms with Gasteiger partial charge in [-0.1, -0.05) is 0 Å². The van der Waals surface area contributed by atoms with Crippen LogP contribution in [0.1, 0.15) is 19.8 Å². The van der Waals surface area contributed by atoms with Gasteiger partial charge in [0, 0.05) is 25.2 Å². The average molecular weight is 388 g/mol. The van der Waals surface area contributed by atoms with E-state index in [1.54, 1.807) is 4.31 Å². The maximum Gasteiger partial charge on any atom is 0.211 e. The van der Waals surface area contributed by atoms with Crippen LogP contribution in [0, 0.1) is 0 Å². The molecule has 0 amide bonds. The first-order valence-corrected chi connectivity index (χ1v) is 7.83. The molecule has 8 heteroatoms. The minimum absolute atomic E-state index is 0. The summed E-state index contributed by atoms with van der Waals surface area (Å²) in [5.41, 5.74) is 0. The number of rotatable bonds is 3. The molecule has 0 saturated carbocycles. The molecular weight excluding hydrogens is 367 g/mol. The summed E-state index contributed by atoms with van der Waals surface area (Å²) in [5, 5.41) is 6.39. The molecule has 6 nitrogen and oxygen atoms in total. The molecule has 106 valence electrons. The lowest BCUT2D eigenvalue weighted by Gasteiger charge is -2.22. The lowest BCUT2D eigenvalue weighted by molar-refractivity contribution is 0.387. The van der Waals surface area contributed by atoms with E-state index < -0.39 is 10.0 Å². The number of nitrogens with one attached hydrogen (secondary N) is 2. The monoisotopic (exact) mass is 388 g/mol. The molecular formula is C10H21IN4O2S. The molecule has 0 bridgehead atoms. The Bertz CT molecular complexity index is 412. The van der Waals surface area contributed by atoms with E-state index in [0.717, 1.165) is 25.3 Å². The van der Waals surface area contributed by atoms with Gasteiger partial charge in [0.2, 0.25) is 10.0 Å². The second-order valence-electron chi connectivity index (χ2n) is 4.79. The molecule has 1 fully saturated rings. The van der Waals surface area contributed by atoms with Gasteiger partial charge in [0.1, 0.15) is 0 Å². The van der Waals surface area contributed by atoms with Gasteiger partial charge in [0.15, 0.2) is 5.96 Å². The molecule has 0 aromatic rings. The van der Waals surface area contributed by atoms with Gasteiger partial charge in [-0.05, 0) is 19.8 Å². The van der Waals surface area contributed by atoms with Crippen LogP contribution in [0.15, 0.2) is 4.99 Å². The van der Waals surface area contributed by atoms with Gasteiger partial charge in [0.25, 0.3) is 0 Å². The normalized spacial score (nSPS) is 28.4. The zero-order valence-electron chi connectivity index (χ0n) is 10.7. The van der Waals surface area contributed by atoms with Gasteiger partial charge in [-0.15, -0.1) is 24.0 Å². The van der Waals surface area contributed by atoms with Gasteiger partial charge in [-0.2, -0.15) is 4.31 Å². The van der Waals surface area contributed by atoms with E-state index in [1.807, 2.05) is 0 Å². The first-order valence-electron chi connectivity index (χ1n) is 5.98. The molecule has 1 unspecified atom stereocenters. The summed E-state index contributed by atoms with van der Waals surface area (Å²) in [4.78, 5) is 4.29. The number of hydrogen-bond donors (Lipinski definition) is 2. The topological polar surface area (TPSA) is 73.8 Å². The van der Waals surface area contributed by atoms with Crippen molar-refractivity contribution in [3.63, 3.8) is 0 Å². The quantitative estimate of drug-likeness (QED) is 0.666. The third kappa shape index (κ3) is 3.95. The molecule has 2 N–H and O–H groups in total. The summed E-state index contributed by atoms with van der Waals surface area (Å²) in [5.74, 6) is 0.790. The molecule has 18 heavy (non-hydrogen) atoms. The van der Waals surface area contributed by atoms with Crippen molar-refractivity contribution in [2.24, 2.45) is 4.99 Å². The molecule has 2 aliphatic rings. The average Bonchev–Trinajstić information content (AvgIpc) is 2.81. The third-order valence-corrected chi connectivity index (χ3v) is 4.49. The molecule has 2 aliphatic heterocycles. The highest BCUT2D eigenvalue weighted by Gasteiger charge is 2.31. The maximum absolute atomic E-state index is 11.5. The van der Waals surface area contributed by atoms with E-state index in [0.29, 0.717) is 19.1 Å². The van der Waals surface area contributed by atoms with Crippen LogP contribution >= 0.6 is 24.0 Å². The number of halogens is 1. The number of guanidine groups is 1. The van der Waals surface area contributed by atoms with Gasteiger partial charge < -0.3 is 10.6 Å². The maximum atomic E-state index is 11.5. The molecule has 0 spiro atoms.